The minimum Gasteiger partial charge on any atom is -0.337 e. The van der Waals surface area contributed by atoms with Crippen LogP contribution >= 0.6 is 0 Å². The van der Waals surface area contributed by atoms with E-state index in [4.69, 9.17) is 4.52 Å². The number of carbonyl (C=O) groups is 1. The molecule has 2 aliphatic heterocycles. The molecule has 8 heteroatoms. The molecule has 1 saturated carbocycles. The van der Waals surface area contributed by atoms with Crippen LogP contribution in [0.4, 0.5) is 15.1 Å². The summed E-state index contributed by atoms with van der Waals surface area (Å²) in [6.07, 6.45) is 2.24. The summed E-state index contributed by atoms with van der Waals surface area (Å²) in [5, 5.41) is 4.17. The van der Waals surface area contributed by atoms with Gasteiger partial charge >= 0.3 is 6.03 Å². The minimum absolute atomic E-state index is 0.0363. The van der Waals surface area contributed by atoms with E-state index in [-0.39, 0.29) is 23.8 Å². The van der Waals surface area contributed by atoms with E-state index in [9.17, 15) is 9.18 Å². The number of anilines is 1. The highest BCUT2D eigenvalue weighted by Crippen LogP contribution is 2.46. The summed E-state index contributed by atoms with van der Waals surface area (Å²) >= 11 is 0. The van der Waals surface area contributed by atoms with Gasteiger partial charge in [0, 0.05) is 51.5 Å². The maximum atomic E-state index is 13.9. The fourth-order valence-corrected chi connectivity index (χ4v) is 4.63. The molecule has 2 aromatic rings. The smallest absolute Gasteiger partial charge is 0.320 e. The van der Waals surface area contributed by atoms with Crippen molar-refractivity contribution in [2.75, 3.05) is 38.6 Å². The zero-order chi connectivity index (χ0) is 19.4. The predicted octanol–water partition coefficient (Wildman–Crippen LogP) is 2.88. The van der Waals surface area contributed by atoms with Crippen molar-refractivity contribution in [2.24, 2.45) is 11.8 Å². The van der Waals surface area contributed by atoms with Crippen LogP contribution in [0.1, 0.15) is 36.3 Å². The van der Waals surface area contributed by atoms with Crippen molar-refractivity contribution in [1.29, 1.82) is 0 Å². The Balaban J connectivity index is 1.42. The van der Waals surface area contributed by atoms with Crippen LogP contribution in [0, 0.1) is 17.7 Å². The highest BCUT2D eigenvalue weighted by Gasteiger charge is 2.50. The van der Waals surface area contributed by atoms with Crippen LogP contribution in [0.3, 0.4) is 0 Å². The second-order valence-corrected chi connectivity index (χ2v) is 8.37. The van der Waals surface area contributed by atoms with Crippen LogP contribution in [0.5, 0.6) is 0 Å². The van der Waals surface area contributed by atoms with Crippen molar-refractivity contribution in [1.82, 2.24) is 19.9 Å². The lowest BCUT2D eigenvalue weighted by atomic mass is 9.89. The fourth-order valence-electron chi connectivity index (χ4n) is 4.63. The van der Waals surface area contributed by atoms with Gasteiger partial charge in [0.25, 0.3) is 5.95 Å². The predicted molar refractivity (Wildman–Crippen MR) is 100 cm³/mol. The van der Waals surface area contributed by atoms with Crippen LogP contribution < -0.4 is 4.90 Å². The number of halogens is 1. The molecule has 2 saturated heterocycles. The first-order chi connectivity index (χ1) is 13.5. The number of hydrogen-bond acceptors (Lipinski definition) is 5. The van der Waals surface area contributed by atoms with Crippen LogP contribution in [0.25, 0.3) is 0 Å². The van der Waals surface area contributed by atoms with E-state index < -0.39 is 0 Å². The Morgan fingerprint density at radius 3 is 2.79 bits per heavy atom. The Morgan fingerprint density at radius 1 is 1.25 bits per heavy atom. The number of hydrogen-bond donors (Lipinski definition) is 0. The molecule has 7 nitrogen and oxygen atoms in total. The lowest BCUT2D eigenvalue weighted by Crippen LogP contribution is -2.41. The summed E-state index contributed by atoms with van der Waals surface area (Å²) in [5.41, 5.74) is 0.844. The molecular formula is C20H24FN5O2. The second kappa shape index (κ2) is 6.46. The van der Waals surface area contributed by atoms with Gasteiger partial charge in [0.2, 0.25) is 5.89 Å². The Kier molecular flexibility index (Phi) is 4.03. The Labute approximate surface area is 163 Å². The maximum Gasteiger partial charge on any atom is 0.320 e. The quantitative estimate of drug-likeness (QED) is 0.813. The van der Waals surface area contributed by atoms with Crippen LogP contribution in [0.2, 0.25) is 0 Å². The van der Waals surface area contributed by atoms with E-state index in [1.165, 1.54) is 6.07 Å². The molecule has 0 bridgehead atoms. The molecule has 1 aromatic heterocycles. The van der Waals surface area contributed by atoms with Gasteiger partial charge in [-0.3, -0.25) is 0 Å². The number of rotatable bonds is 3. The van der Waals surface area contributed by atoms with Crippen molar-refractivity contribution >= 4 is 12.0 Å². The fraction of sp³-hybridized carbons (Fsp3) is 0.550. The van der Waals surface area contributed by atoms with E-state index >= 15 is 0 Å². The van der Waals surface area contributed by atoms with Crippen LogP contribution in [-0.2, 0) is 0 Å². The summed E-state index contributed by atoms with van der Waals surface area (Å²) in [7, 11) is 3.51. The van der Waals surface area contributed by atoms with Gasteiger partial charge in [0.15, 0.2) is 0 Å². The number of likely N-dealkylation sites (tertiary alicyclic amines) is 1. The number of nitrogens with zero attached hydrogens (tertiary/aromatic N) is 5. The van der Waals surface area contributed by atoms with Gasteiger partial charge in [-0.1, -0.05) is 12.1 Å². The van der Waals surface area contributed by atoms with E-state index in [2.05, 4.69) is 15.0 Å². The first-order valence-electron chi connectivity index (χ1n) is 9.83. The molecule has 28 heavy (non-hydrogen) atoms. The monoisotopic (exact) mass is 385 g/mol. The van der Waals surface area contributed by atoms with Gasteiger partial charge in [-0.15, -0.1) is 0 Å². The highest BCUT2D eigenvalue weighted by atomic mass is 19.1. The molecule has 1 aromatic carbocycles. The maximum absolute atomic E-state index is 13.9. The zero-order valence-corrected chi connectivity index (χ0v) is 16.1. The average molecular weight is 385 g/mol. The first kappa shape index (κ1) is 17.5. The highest BCUT2D eigenvalue weighted by molar-refractivity contribution is 5.75. The third kappa shape index (κ3) is 2.91. The third-order valence-electron chi connectivity index (χ3n) is 6.12. The molecule has 3 heterocycles. The van der Waals surface area contributed by atoms with E-state index in [0.717, 1.165) is 37.4 Å². The molecule has 3 atom stereocenters. The molecule has 2 amide bonds. The Bertz CT molecular complexity index is 896. The molecule has 0 unspecified atom stereocenters. The lowest BCUT2D eigenvalue weighted by Gasteiger charge is -2.31. The van der Waals surface area contributed by atoms with Gasteiger partial charge in [0.05, 0.1) is 6.04 Å². The molecule has 0 N–H and O–H groups in total. The van der Waals surface area contributed by atoms with Gasteiger partial charge in [-0.25, -0.2) is 9.18 Å². The van der Waals surface area contributed by atoms with Crippen molar-refractivity contribution in [3.05, 3.63) is 41.5 Å². The summed E-state index contributed by atoms with van der Waals surface area (Å²) in [5.74, 6) is 2.02. The summed E-state index contributed by atoms with van der Waals surface area (Å²) in [4.78, 5) is 23.0. The van der Waals surface area contributed by atoms with Gasteiger partial charge < -0.3 is 19.2 Å². The summed E-state index contributed by atoms with van der Waals surface area (Å²) < 4.78 is 19.3. The zero-order valence-electron chi connectivity index (χ0n) is 16.1. The molecule has 5 rings (SSSR count). The standard InChI is InChI=1S/C20H24FN5O2/c1-24(2)20(27)26-10-14-9-25(19-22-18(28-23-19)12-6-7-12)11-16(14)17(26)13-4-3-5-15(21)8-13/h3-5,8,12,14,16-17H,6-7,9-11H2,1-2H3/t14-,16-,17+/m1/s1. The van der Waals surface area contributed by atoms with Crippen molar-refractivity contribution < 1.29 is 13.7 Å². The normalized spacial score (nSPS) is 26.6. The lowest BCUT2D eigenvalue weighted by molar-refractivity contribution is 0.159. The molecule has 148 valence electrons. The first-order valence-corrected chi connectivity index (χ1v) is 9.83. The number of aromatic nitrogens is 2. The molecular weight excluding hydrogens is 361 g/mol. The second-order valence-electron chi connectivity index (χ2n) is 8.37. The molecule has 1 aliphatic carbocycles. The van der Waals surface area contributed by atoms with Crippen LogP contribution in [0.15, 0.2) is 28.8 Å². The molecule has 0 spiro atoms. The number of amides is 2. The van der Waals surface area contributed by atoms with Gasteiger partial charge in [0.1, 0.15) is 5.82 Å². The van der Waals surface area contributed by atoms with Crippen molar-refractivity contribution in [2.45, 2.75) is 24.8 Å². The van der Waals surface area contributed by atoms with Crippen molar-refractivity contribution in [3.8, 4) is 0 Å². The van der Waals surface area contributed by atoms with E-state index in [1.807, 2.05) is 11.0 Å². The number of carbonyl (C=O) groups excluding carboxylic acids is 1. The largest absolute Gasteiger partial charge is 0.337 e. The Morgan fingerprint density at radius 2 is 2.07 bits per heavy atom. The topological polar surface area (TPSA) is 65.7 Å². The van der Waals surface area contributed by atoms with Crippen molar-refractivity contribution in [3.63, 3.8) is 0 Å². The molecule has 0 radical (unpaired) electrons. The minimum atomic E-state index is -0.278. The average Bonchev–Trinajstić information content (AvgIpc) is 3.11. The number of fused-ring (bicyclic) bond motifs is 1. The number of benzene rings is 1. The van der Waals surface area contributed by atoms with Crippen LogP contribution in [-0.4, -0.2) is 59.7 Å². The van der Waals surface area contributed by atoms with Gasteiger partial charge in [-0.05, 0) is 35.7 Å². The molecule has 3 fully saturated rings. The third-order valence-corrected chi connectivity index (χ3v) is 6.12. The number of urea groups is 1. The van der Waals surface area contributed by atoms with E-state index in [0.29, 0.717) is 24.3 Å². The summed E-state index contributed by atoms with van der Waals surface area (Å²) in [6.45, 7) is 2.15. The summed E-state index contributed by atoms with van der Waals surface area (Å²) in [6, 6.07) is 6.42. The Hall–Kier alpha value is -2.64. The van der Waals surface area contributed by atoms with Gasteiger partial charge in [-0.2, -0.15) is 4.98 Å². The molecule has 3 aliphatic rings. The van der Waals surface area contributed by atoms with E-state index in [1.54, 1.807) is 31.1 Å². The SMILES string of the molecule is CN(C)C(=O)N1C[C@H]2CN(c3noc(C4CC4)n3)C[C@H]2[C@@H]1c1cccc(F)c1.